The summed E-state index contributed by atoms with van der Waals surface area (Å²) in [6.45, 7) is 0. The predicted octanol–water partition coefficient (Wildman–Crippen LogP) is 1.39. The number of rotatable bonds is 9. The Bertz CT molecular complexity index is 511. The second-order valence-electron chi connectivity index (χ2n) is 4.95. The summed E-state index contributed by atoms with van der Waals surface area (Å²) in [5.41, 5.74) is 11.3. The van der Waals surface area contributed by atoms with Crippen molar-refractivity contribution in [2.75, 3.05) is 0 Å². The molecule has 1 rings (SSSR count). The van der Waals surface area contributed by atoms with Crippen LogP contribution >= 0.6 is 0 Å². The summed E-state index contributed by atoms with van der Waals surface area (Å²) < 4.78 is 0. The molecule has 0 bridgehead atoms. The lowest BCUT2D eigenvalue weighted by Gasteiger charge is -2.13. The van der Waals surface area contributed by atoms with Crippen LogP contribution in [0.4, 0.5) is 0 Å². The first kappa shape index (κ1) is 16.7. The number of benzene rings is 1. The molecule has 21 heavy (non-hydrogen) atoms. The summed E-state index contributed by atoms with van der Waals surface area (Å²) in [6.07, 6.45) is 3.15. The van der Waals surface area contributed by atoms with Crippen molar-refractivity contribution in [3.63, 3.8) is 0 Å². The van der Waals surface area contributed by atoms with Gasteiger partial charge in [-0.2, -0.15) is 0 Å². The highest BCUT2D eigenvalue weighted by Crippen LogP contribution is 2.23. The lowest BCUT2D eigenvalue weighted by molar-refractivity contribution is -0.120. The van der Waals surface area contributed by atoms with Gasteiger partial charge in [0.2, 0.25) is 11.8 Å². The van der Waals surface area contributed by atoms with Crippen molar-refractivity contribution in [3.8, 4) is 0 Å². The summed E-state index contributed by atoms with van der Waals surface area (Å²) in [4.78, 5) is 32.9. The number of nitrogens with two attached hydrogens (primary N) is 2. The molecule has 2 amide bonds. The number of hydrogen-bond acceptors (Lipinski definition) is 3. The average molecular weight is 292 g/mol. The molecule has 114 valence electrons. The van der Waals surface area contributed by atoms with E-state index in [2.05, 4.69) is 0 Å². The maximum Gasteiger partial charge on any atom is 0.335 e. The molecule has 1 atom stereocenters. The van der Waals surface area contributed by atoms with Crippen LogP contribution < -0.4 is 11.5 Å². The Morgan fingerprint density at radius 1 is 1.00 bits per heavy atom. The molecule has 0 radical (unpaired) electrons. The SMILES string of the molecule is NC(=O)CCCCCC(C(N)=O)c1ccc(C(=O)O)cc1. The Balaban J connectivity index is 2.58. The van der Waals surface area contributed by atoms with E-state index in [0.29, 0.717) is 24.8 Å². The van der Waals surface area contributed by atoms with Crippen LogP contribution in [-0.4, -0.2) is 22.9 Å². The molecule has 6 heteroatoms. The van der Waals surface area contributed by atoms with Crippen LogP contribution in [0.25, 0.3) is 0 Å². The van der Waals surface area contributed by atoms with Crippen LogP contribution in [0.5, 0.6) is 0 Å². The number of carboxylic acids is 1. The molecule has 6 nitrogen and oxygen atoms in total. The fourth-order valence-corrected chi connectivity index (χ4v) is 2.16. The molecule has 1 aromatic rings. The number of amides is 2. The second kappa shape index (κ2) is 8.04. The van der Waals surface area contributed by atoms with Crippen LogP contribution in [0, 0.1) is 0 Å². The maximum absolute atomic E-state index is 11.5. The van der Waals surface area contributed by atoms with Crippen LogP contribution in [0.15, 0.2) is 24.3 Å². The Morgan fingerprint density at radius 2 is 1.62 bits per heavy atom. The van der Waals surface area contributed by atoms with Crippen molar-refractivity contribution in [1.29, 1.82) is 0 Å². The molecule has 0 spiro atoms. The third-order valence-electron chi connectivity index (χ3n) is 3.32. The van der Waals surface area contributed by atoms with E-state index >= 15 is 0 Å². The molecule has 0 saturated carbocycles. The molecule has 0 aliphatic carbocycles. The molecule has 1 aromatic carbocycles. The van der Waals surface area contributed by atoms with Gasteiger partial charge in [0.05, 0.1) is 11.5 Å². The van der Waals surface area contributed by atoms with Gasteiger partial charge in [-0.05, 0) is 30.5 Å². The van der Waals surface area contributed by atoms with Crippen molar-refractivity contribution in [2.45, 2.75) is 38.0 Å². The van der Waals surface area contributed by atoms with Crippen molar-refractivity contribution < 1.29 is 19.5 Å². The van der Waals surface area contributed by atoms with E-state index in [1.807, 2.05) is 0 Å². The largest absolute Gasteiger partial charge is 0.478 e. The fraction of sp³-hybridized carbons (Fsp3) is 0.400. The summed E-state index contributed by atoms with van der Waals surface area (Å²) in [6, 6.07) is 6.14. The Kier molecular flexibility index (Phi) is 6.39. The quantitative estimate of drug-likeness (QED) is 0.595. The van der Waals surface area contributed by atoms with Gasteiger partial charge in [0.25, 0.3) is 0 Å². The molecule has 0 aliphatic heterocycles. The monoisotopic (exact) mass is 292 g/mol. The highest BCUT2D eigenvalue weighted by atomic mass is 16.4. The zero-order valence-corrected chi connectivity index (χ0v) is 11.7. The van der Waals surface area contributed by atoms with Crippen molar-refractivity contribution >= 4 is 17.8 Å². The van der Waals surface area contributed by atoms with Gasteiger partial charge in [0.15, 0.2) is 0 Å². The van der Waals surface area contributed by atoms with E-state index in [1.54, 1.807) is 12.1 Å². The van der Waals surface area contributed by atoms with E-state index in [4.69, 9.17) is 16.6 Å². The van der Waals surface area contributed by atoms with Crippen LogP contribution in [0.2, 0.25) is 0 Å². The highest BCUT2D eigenvalue weighted by Gasteiger charge is 2.17. The van der Waals surface area contributed by atoms with E-state index in [-0.39, 0.29) is 11.5 Å². The Labute approximate surface area is 123 Å². The molecular weight excluding hydrogens is 272 g/mol. The molecule has 5 N–H and O–H groups in total. The average Bonchev–Trinajstić information content (AvgIpc) is 2.42. The highest BCUT2D eigenvalue weighted by molar-refractivity contribution is 5.88. The van der Waals surface area contributed by atoms with E-state index in [1.165, 1.54) is 12.1 Å². The van der Waals surface area contributed by atoms with E-state index in [0.717, 1.165) is 12.8 Å². The smallest absolute Gasteiger partial charge is 0.335 e. The van der Waals surface area contributed by atoms with Gasteiger partial charge in [-0.15, -0.1) is 0 Å². The van der Waals surface area contributed by atoms with Gasteiger partial charge in [-0.25, -0.2) is 4.79 Å². The number of carbonyl (C=O) groups excluding carboxylic acids is 2. The number of primary amides is 2. The predicted molar refractivity (Wildman–Crippen MR) is 77.6 cm³/mol. The van der Waals surface area contributed by atoms with Gasteiger partial charge < -0.3 is 16.6 Å². The number of hydrogen-bond donors (Lipinski definition) is 3. The van der Waals surface area contributed by atoms with E-state index in [9.17, 15) is 14.4 Å². The molecule has 0 fully saturated rings. The molecule has 1 unspecified atom stereocenters. The number of carboxylic acid groups (broad SMARTS) is 1. The minimum absolute atomic E-state index is 0.170. The first-order valence-electron chi connectivity index (χ1n) is 6.82. The number of unbranched alkanes of at least 4 members (excludes halogenated alkanes) is 2. The van der Waals surface area contributed by atoms with Crippen LogP contribution in [0.1, 0.15) is 53.9 Å². The summed E-state index contributed by atoms with van der Waals surface area (Å²) in [5, 5.41) is 8.84. The molecular formula is C15H20N2O4. The topological polar surface area (TPSA) is 123 Å². The van der Waals surface area contributed by atoms with Crippen LogP contribution in [0.3, 0.4) is 0 Å². The normalized spacial score (nSPS) is 11.8. The molecule has 0 aromatic heterocycles. The third-order valence-corrected chi connectivity index (χ3v) is 3.32. The Morgan fingerprint density at radius 3 is 2.10 bits per heavy atom. The van der Waals surface area contributed by atoms with Crippen molar-refractivity contribution in [1.82, 2.24) is 0 Å². The maximum atomic E-state index is 11.5. The minimum atomic E-state index is -1.01. The first-order chi connectivity index (χ1) is 9.91. The van der Waals surface area contributed by atoms with Crippen LogP contribution in [-0.2, 0) is 9.59 Å². The van der Waals surface area contributed by atoms with Gasteiger partial charge >= 0.3 is 5.97 Å². The van der Waals surface area contributed by atoms with Gasteiger partial charge in [0, 0.05) is 6.42 Å². The zero-order valence-electron chi connectivity index (χ0n) is 11.7. The molecule has 0 saturated heterocycles. The lowest BCUT2D eigenvalue weighted by Crippen LogP contribution is -2.21. The minimum Gasteiger partial charge on any atom is -0.478 e. The standard InChI is InChI=1S/C15H20N2O4/c16-13(18)5-3-1-2-4-12(14(17)19)10-6-8-11(9-7-10)15(20)21/h6-9,12H,1-5H2,(H2,16,18)(H2,17,19)(H,20,21). The van der Waals surface area contributed by atoms with Crippen molar-refractivity contribution in [3.05, 3.63) is 35.4 Å². The molecule has 0 aliphatic rings. The second-order valence-corrected chi connectivity index (χ2v) is 4.95. The van der Waals surface area contributed by atoms with Gasteiger partial charge in [-0.3, -0.25) is 9.59 Å². The summed E-state index contributed by atoms with van der Waals surface area (Å²) in [5.74, 6) is -2.22. The zero-order chi connectivity index (χ0) is 15.8. The third kappa shape index (κ3) is 5.64. The first-order valence-corrected chi connectivity index (χ1v) is 6.82. The molecule has 0 heterocycles. The van der Waals surface area contributed by atoms with Gasteiger partial charge in [0.1, 0.15) is 0 Å². The number of aromatic carboxylic acids is 1. The lowest BCUT2D eigenvalue weighted by atomic mass is 9.92. The van der Waals surface area contributed by atoms with Gasteiger partial charge in [-0.1, -0.05) is 25.0 Å². The number of carbonyl (C=O) groups is 3. The van der Waals surface area contributed by atoms with Crippen molar-refractivity contribution in [2.24, 2.45) is 11.5 Å². The summed E-state index contributed by atoms with van der Waals surface area (Å²) >= 11 is 0. The summed E-state index contributed by atoms with van der Waals surface area (Å²) in [7, 11) is 0. The Hall–Kier alpha value is -2.37. The fourth-order valence-electron chi connectivity index (χ4n) is 2.16. The van der Waals surface area contributed by atoms with E-state index < -0.39 is 17.8 Å².